The van der Waals surface area contributed by atoms with Crippen LogP contribution in [0.4, 0.5) is 0 Å². The van der Waals surface area contributed by atoms with Crippen molar-refractivity contribution in [3.8, 4) is 11.3 Å². The number of morpholine rings is 1. The molecule has 0 saturated carbocycles. The molecule has 3 rings (SSSR count). The van der Waals surface area contributed by atoms with Gasteiger partial charge in [-0.05, 0) is 17.7 Å². The number of halogens is 2. The van der Waals surface area contributed by atoms with Crippen molar-refractivity contribution in [1.29, 1.82) is 0 Å². The average molecular weight is 371 g/mol. The minimum absolute atomic E-state index is 0. The first-order valence-corrected chi connectivity index (χ1v) is 7.97. The number of benzene rings is 1. The van der Waals surface area contributed by atoms with E-state index in [9.17, 15) is 4.79 Å². The summed E-state index contributed by atoms with van der Waals surface area (Å²) in [7, 11) is 0. The predicted molar refractivity (Wildman–Crippen MR) is 95.4 cm³/mol. The van der Waals surface area contributed by atoms with Gasteiger partial charge in [0.2, 0.25) is 5.91 Å². The first-order valence-electron chi connectivity index (χ1n) is 7.59. The highest BCUT2D eigenvalue weighted by molar-refractivity contribution is 6.30. The summed E-state index contributed by atoms with van der Waals surface area (Å²) in [5, 5.41) is 13.9. The van der Waals surface area contributed by atoms with Crippen LogP contribution in [0.15, 0.2) is 30.5 Å². The van der Waals surface area contributed by atoms with Gasteiger partial charge < -0.3 is 15.4 Å². The number of aromatic amines is 1. The molecular formula is C16H20Cl2N4O2. The van der Waals surface area contributed by atoms with Crippen molar-refractivity contribution in [3.05, 3.63) is 41.0 Å². The van der Waals surface area contributed by atoms with Gasteiger partial charge in [-0.1, -0.05) is 23.7 Å². The van der Waals surface area contributed by atoms with Crippen LogP contribution in [0.5, 0.6) is 0 Å². The summed E-state index contributed by atoms with van der Waals surface area (Å²) in [5.74, 6) is -0.0260. The second-order valence-corrected chi connectivity index (χ2v) is 5.89. The van der Waals surface area contributed by atoms with Crippen molar-refractivity contribution in [2.24, 2.45) is 0 Å². The third-order valence-electron chi connectivity index (χ3n) is 3.74. The molecular weight excluding hydrogens is 351 g/mol. The van der Waals surface area contributed by atoms with Gasteiger partial charge in [0.05, 0.1) is 31.0 Å². The zero-order valence-corrected chi connectivity index (χ0v) is 14.6. The Hall–Kier alpha value is -1.60. The maximum Gasteiger partial charge on any atom is 0.222 e. The highest BCUT2D eigenvalue weighted by atomic mass is 35.5. The van der Waals surface area contributed by atoms with Crippen LogP contribution in [-0.4, -0.2) is 41.9 Å². The van der Waals surface area contributed by atoms with Gasteiger partial charge in [0.1, 0.15) is 0 Å². The number of nitrogens with zero attached hydrogens (tertiary/aromatic N) is 1. The standard InChI is InChI=1S/C16H19ClN4O2.ClH/c17-13-3-1-11(2-4-13)16-12(9-20-21-16)8-19-15(22)7-14-10-18-5-6-23-14;/h1-4,9,14,18H,5-8,10H2,(H,19,22)(H,20,21);1H. The lowest BCUT2D eigenvalue weighted by Gasteiger charge is -2.23. The van der Waals surface area contributed by atoms with E-state index in [-0.39, 0.29) is 24.4 Å². The van der Waals surface area contributed by atoms with Gasteiger partial charge in [-0.25, -0.2) is 0 Å². The van der Waals surface area contributed by atoms with Crippen molar-refractivity contribution in [2.75, 3.05) is 19.7 Å². The Labute approximate surface area is 151 Å². The Morgan fingerprint density at radius 3 is 2.88 bits per heavy atom. The number of hydrogen-bond acceptors (Lipinski definition) is 4. The molecule has 1 aromatic heterocycles. The quantitative estimate of drug-likeness (QED) is 0.753. The van der Waals surface area contributed by atoms with Crippen molar-refractivity contribution in [3.63, 3.8) is 0 Å². The van der Waals surface area contributed by atoms with E-state index >= 15 is 0 Å². The van der Waals surface area contributed by atoms with Gasteiger partial charge in [0.25, 0.3) is 0 Å². The zero-order chi connectivity index (χ0) is 16.1. The maximum absolute atomic E-state index is 12.0. The monoisotopic (exact) mass is 370 g/mol. The van der Waals surface area contributed by atoms with Crippen LogP contribution in [0, 0.1) is 0 Å². The molecule has 2 aromatic rings. The molecule has 1 aliphatic heterocycles. The fourth-order valence-corrected chi connectivity index (χ4v) is 2.66. The van der Waals surface area contributed by atoms with Gasteiger partial charge in [0.15, 0.2) is 0 Å². The van der Waals surface area contributed by atoms with Crippen LogP contribution in [0.2, 0.25) is 5.02 Å². The molecule has 0 spiro atoms. The van der Waals surface area contributed by atoms with E-state index in [0.717, 1.165) is 29.9 Å². The smallest absolute Gasteiger partial charge is 0.222 e. The second kappa shape index (κ2) is 9.03. The van der Waals surface area contributed by atoms with Gasteiger partial charge in [-0.2, -0.15) is 5.10 Å². The fourth-order valence-electron chi connectivity index (χ4n) is 2.54. The predicted octanol–water partition coefficient (Wildman–Crippen LogP) is 2.15. The summed E-state index contributed by atoms with van der Waals surface area (Å²) in [6.07, 6.45) is 2.04. The lowest BCUT2D eigenvalue weighted by molar-refractivity contribution is -0.124. The zero-order valence-electron chi connectivity index (χ0n) is 13.0. The number of aromatic nitrogens is 2. The molecule has 1 unspecified atom stereocenters. The average Bonchev–Trinajstić information content (AvgIpc) is 3.03. The summed E-state index contributed by atoms with van der Waals surface area (Å²) in [5.41, 5.74) is 2.80. The van der Waals surface area contributed by atoms with Gasteiger partial charge in [-0.3, -0.25) is 9.89 Å². The van der Waals surface area contributed by atoms with Crippen LogP contribution < -0.4 is 10.6 Å². The number of H-pyrrole nitrogens is 1. The van der Waals surface area contributed by atoms with E-state index in [1.165, 1.54) is 0 Å². The van der Waals surface area contributed by atoms with Crippen LogP contribution in [-0.2, 0) is 16.1 Å². The van der Waals surface area contributed by atoms with Crippen molar-refractivity contribution >= 4 is 29.9 Å². The summed E-state index contributed by atoms with van der Waals surface area (Å²) in [6, 6.07) is 7.49. The molecule has 0 radical (unpaired) electrons. The minimum atomic E-state index is -0.0520. The van der Waals surface area contributed by atoms with E-state index in [4.69, 9.17) is 16.3 Å². The van der Waals surface area contributed by atoms with Gasteiger partial charge in [0, 0.05) is 30.2 Å². The number of amides is 1. The Kier molecular flexibility index (Phi) is 7.05. The maximum atomic E-state index is 12.0. The lowest BCUT2D eigenvalue weighted by Crippen LogP contribution is -2.41. The topological polar surface area (TPSA) is 79.0 Å². The molecule has 24 heavy (non-hydrogen) atoms. The summed E-state index contributed by atoms with van der Waals surface area (Å²) >= 11 is 5.91. The normalized spacial score (nSPS) is 17.1. The summed E-state index contributed by atoms with van der Waals surface area (Å²) in [6.45, 7) is 2.64. The molecule has 1 aromatic carbocycles. The fraction of sp³-hybridized carbons (Fsp3) is 0.375. The van der Waals surface area contributed by atoms with Crippen molar-refractivity contribution in [2.45, 2.75) is 19.1 Å². The Morgan fingerprint density at radius 1 is 1.38 bits per heavy atom. The molecule has 1 aliphatic rings. The molecule has 8 heteroatoms. The van der Waals surface area contributed by atoms with E-state index in [0.29, 0.717) is 24.6 Å². The molecule has 0 bridgehead atoms. The molecule has 1 amide bonds. The molecule has 6 nitrogen and oxygen atoms in total. The van der Waals surface area contributed by atoms with Crippen molar-refractivity contribution in [1.82, 2.24) is 20.8 Å². The van der Waals surface area contributed by atoms with E-state index in [1.807, 2.05) is 24.3 Å². The molecule has 1 atom stereocenters. The SMILES string of the molecule is Cl.O=C(CC1CNCCO1)NCc1cn[nH]c1-c1ccc(Cl)cc1. The largest absolute Gasteiger partial charge is 0.375 e. The first-order chi connectivity index (χ1) is 11.2. The third kappa shape index (κ3) is 4.95. The highest BCUT2D eigenvalue weighted by Crippen LogP contribution is 2.22. The van der Waals surface area contributed by atoms with Crippen LogP contribution in [0.3, 0.4) is 0 Å². The van der Waals surface area contributed by atoms with Crippen LogP contribution >= 0.6 is 24.0 Å². The third-order valence-corrected chi connectivity index (χ3v) is 4.00. The van der Waals surface area contributed by atoms with Crippen LogP contribution in [0.1, 0.15) is 12.0 Å². The molecule has 2 heterocycles. The minimum Gasteiger partial charge on any atom is -0.375 e. The number of rotatable bonds is 5. The molecule has 3 N–H and O–H groups in total. The van der Waals surface area contributed by atoms with E-state index < -0.39 is 0 Å². The number of ether oxygens (including phenoxy) is 1. The van der Waals surface area contributed by atoms with Gasteiger partial charge >= 0.3 is 0 Å². The summed E-state index contributed by atoms with van der Waals surface area (Å²) in [4.78, 5) is 12.0. The number of hydrogen-bond donors (Lipinski definition) is 3. The van der Waals surface area contributed by atoms with E-state index in [2.05, 4.69) is 20.8 Å². The number of carbonyl (C=O) groups is 1. The molecule has 1 fully saturated rings. The van der Waals surface area contributed by atoms with Crippen molar-refractivity contribution < 1.29 is 9.53 Å². The molecule has 1 saturated heterocycles. The van der Waals surface area contributed by atoms with E-state index in [1.54, 1.807) is 6.20 Å². The molecule has 0 aliphatic carbocycles. The van der Waals surface area contributed by atoms with Crippen LogP contribution in [0.25, 0.3) is 11.3 Å². The van der Waals surface area contributed by atoms with Gasteiger partial charge in [-0.15, -0.1) is 12.4 Å². The Morgan fingerprint density at radius 2 is 2.17 bits per heavy atom. The molecule has 130 valence electrons. The lowest BCUT2D eigenvalue weighted by atomic mass is 10.1. The second-order valence-electron chi connectivity index (χ2n) is 5.45. The highest BCUT2D eigenvalue weighted by Gasteiger charge is 2.17. The number of carbonyl (C=O) groups excluding carboxylic acids is 1. The first kappa shape index (κ1) is 18.7. The number of nitrogens with one attached hydrogen (secondary N) is 3. The Balaban J connectivity index is 0.00000208. The summed E-state index contributed by atoms with van der Waals surface area (Å²) < 4.78 is 5.54. The Bertz CT molecular complexity index is 654.